The second-order valence-corrected chi connectivity index (χ2v) is 8.56. The fourth-order valence-corrected chi connectivity index (χ4v) is 4.29. The maximum atomic E-state index is 13.3. The first-order valence-electron chi connectivity index (χ1n) is 10.4. The lowest BCUT2D eigenvalue weighted by Crippen LogP contribution is -2.42. The minimum Gasteiger partial charge on any atom is -0.377 e. The van der Waals surface area contributed by atoms with Crippen LogP contribution >= 0.6 is 0 Å². The number of nitro groups is 1. The summed E-state index contributed by atoms with van der Waals surface area (Å²) in [6.07, 6.45) is 1.08. The van der Waals surface area contributed by atoms with Crippen LogP contribution in [0.3, 0.4) is 0 Å². The average molecular weight is 415 g/mol. The van der Waals surface area contributed by atoms with Crippen LogP contribution in [-0.4, -0.2) is 58.9 Å². The van der Waals surface area contributed by atoms with Crippen molar-refractivity contribution in [3.05, 3.63) is 45.6 Å². The number of non-ortho nitro benzene ring substituents is 1. The molecule has 3 rings (SSSR count). The molecule has 0 aliphatic carbocycles. The molecular weight excluding hydrogens is 386 g/mol. The van der Waals surface area contributed by atoms with Crippen LogP contribution in [0.25, 0.3) is 5.57 Å². The number of imide groups is 1. The lowest BCUT2D eigenvalue weighted by atomic mass is 9.91. The Bertz CT molecular complexity index is 852. The Labute approximate surface area is 176 Å². The van der Waals surface area contributed by atoms with E-state index in [1.165, 1.54) is 17.0 Å². The molecule has 0 bridgehead atoms. The van der Waals surface area contributed by atoms with Crippen molar-refractivity contribution in [1.82, 2.24) is 9.80 Å². The highest BCUT2D eigenvalue weighted by Gasteiger charge is 2.42. The highest BCUT2D eigenvalue weighted by molar-refractivity contribution is 6.35. The summed E-state index contributed by atoms with van der Waals surface area (Å²) < 4.78 is 5.55. The zero-order valence-corrected chi connectivity index (χ0v) is 18.0. The van der Waals surface area contributed by atoms with Gasteiger partial charge in [-0.3, -0.25) is 24.6 Å². The molecule has 1 aromatic rings. The van der Waals surface area contributed by atoms with Crippen LogP contribution in [0.5, 0.6) is 0 Å². The third-order valence-electron chi connectivity index (χ3n) is 5.46. The molecule has 2 heterocycles. The lowest BCUT2D eigenvalue weighted by molar-refractivity contribution is -0.384. The van der Waals surface area contributed by atoms with Gasteiger partial charge in [0, 0.05) is 25.2 Å². The SMILES string of the molecule is CC1CC(C)CN(C2=C(c3ccc([N+](=O)[O-])cc3)C(=O)N(CCOC(C)C)C2=O)C1. The summed E-state index contributed by atoms with van der Waals surface area (Å²) in [5, 5.41) is 11.0. The van der Waals surface area contributed by atoms with E-state index in [0.717, 1.165) is 6.42 Å². The van der Waals surface area contributed by atoms with Gasteiger partial charge in [0.1, 0.15) is 5.70 Å². The molecule has 0 N–H and O–H groups in total. The van der Waals surface area contributed by atoms with Crippen molar-refractivity contribution >= 4 is 23.1 Å². The lowest BCUT2D eigenvalue weighted by Gasteiger charge is -2.37. The van der Waals surface area contributed by atoms with Gasteiger partial charge in [-0.15, -0.1) is 0 Å². The summed E-state index contributed by atoms with van der Waals surface area (Å²) >= 11 is 0. The van der Waals surface area contributed by atoms with Crippen molar-refractivity contribution in [2.45, 2.75) is 40.2 Å². The molecule has 30 heavy (non-hydrogen) atoms. The molecular formula is C22H29N3O5. The van der Waals surface area contributed by atoms with Crippen LogP contribution in [0, 0.1) is 22.0 Å². The maximum Gasteiger partial charge on any atom is 0.277 e. The number of nitro benzene ring substituents is 1. The van der Waals surface area contributed by atoms with Crippen molar-refractivity contribution < 1.29 is 19.2 Å². The van der Waals surface area contributed by atoms with Crippen LogP contribution in [-0.2, 0) is 14.3 Å². The zero-order valence-electron chi connectivity index (χ0n) is 18.0. The Morgan fingerprint density at radius 2 is 1.70 bits per heavy atom. The molecule has 162 valence electrons. The van der Waals surface area contributed by atoms with Crippen LogP contribution in [0.4, 0.5) is 5.69 Å². The Morgan fingerprint density at radius 3 is 2.23 bits per heavy atom. The highest BCUT2D eigenvalue weighted by Crippen LogP contribution is 2.35. The monoisotopic (exact) mass is 415 g/mol. The maximum absolute atomic E-state index is 13.3. The molecule has 0 saturated carbocycles. The van der Waals surface area contributed by atoms with E-state index < -0.39 is 4.92 Å². The minimum absolute atomic E-state index is 0.00294. The predicted octanol–water partition coefficient (Wildman–Crippen LogP) is 3.08. The Balaban J connectivity index is 1.98. The number of hydrogen-bond acceptors (Lipinski definition) is 6. The quantitative estimate of drug-likeness (QED) is 0.386. The predicted molar refractivity (Wildman–Crippen MR) is 112 cm³/mol. The largest absolute Gasteiger partial charge is 0.377 e. The van der Waals surface area contributed by atoms with Gasteiger partial charge in [0.2, 0.25) is 0 Å². The van der Waals surface area contributed by atoms with Crippen molar-refractivity contribution in [1.29, 1.82) is 0 Å². The first-order valence-corrected chi connectivity index (χ1v) is 10.4. The van der Waals surface area contributed by atoms with Crippen LogP contribution in [0.1, 0.15) is 39.7 Å². The van der Waals surface area contributed by atoms with Crippen molar-refractivity contribution in [2.24, 2.45) is 11.8 Å². The molecule has 8 nitrogen and oxygen atoms in total. The fraction of sp³-hybridized carbons (Fsp3) is 0.545. The third-order valence-corrected chi connectivity index (χ3v) is 5.46. The third kappa shape index (κ3) is 4.53. The van der Waals surface area contributed by atoms with E-state index in [1.807, 2.05) is 18.7 Å². The van der Waals surface area contributed by atoms with Gasteiger partial charge in [-0.1, -0.05) is 13.8 Å². The summed E-state index contributed by atoms with van der Waals surface area (Å²) in [4.78, 5) is 40.3. The number of nitrogens with zero attached hydrogens (tertiary/aromatic N) is 3. The first kappa shape index (κ1) is 22.0. The number of carbonyl (C=O) groups is 2. The molecule has 0 spiro atoms. The van der Waals surface area contributed by atoms with E-state index in [4.69, 9.17) is 4.74 Å². The van der Waals surface area contributed by atoms with Gasteiger partial charge in [0.05, 0.1) is 29.8 Å². The number of amides is 2. The van der Waals surface area contributed by atoms with E-state index in [1.54, 1.807) is 12.1 Å². The van der Waals surface area contributed by atoms with Gasteiger partial charge in [0.15, 0.2) is 0 Å². The number of rotatable bonds is 7. The molecule has 2 aliphatic rings. The second-order valence-electron chi connectivity index (χ2n) is 8.56. The molecule has 8 heteroatoms. The first-order chi connectivity index (χ1) is 14.2. The molecule has 0 radical (unpaired) electrons. The van der Waals surface area contributed by atoms with E-state index >= 15 is 0 Å². The number of hydrogen-bond donors (Lipinski definition) is 0. The minimum atomic E-state index is -0.482. The van der Waals surface area contributed by atoms with E-state index in [0.29, 0.717) is 41.8 Å². The smallest absolute Gasteiger partial charge is 0.277 e. The Hall–Kier alpha value is -2.74. The van der Waals surface area contributed by atoms with Crippen LogP contribution in [0.15, 0.2) is 30.0 Å². The number of ether oxygens (including phenoxy) is 1. The zero-order chi connectivity index (χ0) is 22.0. The Morgan fingerprint density at radius 1 is 1.10 bits per heavy atom. The fourth-order valence-electron chi connectivity index (χ4n) is 4.29. The molecule has 1 fully saturated rings. The average Bonchev–Trinajstić information content (AvgIpc) is 2.91. The Kier molecular flexibility index (Phi) is 6.55. The topological polar surface area (TPSA) is 93.0 Å². The number of likely N-dealkylation sites (tertiary alicyclic amines) is 1. The molecule has 0 aromatic heterocycles. The van der Waals surface area contributed by atoms with E-state index in [9.17, 15) is 19.7 Å². The van der Waals surface area contributed by atoms with Crippen molar-refractivity contribution in [2.75, 3.05) is 26.2 Å². The van der Waals surface area contributed by atoms with Gasteiger partial charge < -0.3 is 9.64 Å². The van der Waals surface area contributed by atoms with Crippen molar-refractivity contribution in [3.63, 3.8) is 0 Å². The molecule has 2 aliphatic heterocycles. The molecule has 1 aromatic carbocycles. The van der Waals surface area contributed by atoms with Gasteiger partial charge in [0.25, 0.3) is 17.5 Å². The van der Waals surface area contributed by atoms with Crippen LogP contribution < -0.4 is 0 Å². The number of benzene rings is 1. The standard InChI is InChI=1S/C22H29N3O5/c1-14(2)30-10-9-24-21(26)19(17-5-7-18(8-6-17)25(28)29)20(22(24)27)23-12-15(3)11-16(4)13-23/h5-8,14-16H,9-13H2,1-4H3. The normalized spacial score (nSPS) is 22.4. The highest BCUT2D eigenvalue weighted by atomic mass is 16.6. The number of piperidine rings is 1. The van der Waals surface area contributed by atoms with E-state index in [2.05, 4.69) is 13.8 Å². The summed E-state index contributed by atoms with van der Waals surface area (Å²) in [5.74, 6) is 0.116. The van der Waals surface area contributed by atoms with E-state index in [-0.39, 0.29) is 36.8 Å². The molecule has 1 saturated heterocycles. The molecule has 2 unspecified atom stereocenters. The summed E-state index contributed by atoms with van der Waals surface area (Å²) in [7, 11) is 0. The second kappa shape index (κ2) is 8.95. The van der Waals surface area contributed by atoms with Crippen LogP contribution in [0.2, 0.25) is 0 Å². The summed E-state index contributed by atoms with van der Waals surface area (Å²) in [6.45, 7) is 9.93. The van der Waals surface area contributed by atoms with Gasteiger partial charge in [-0.05, 0) is 49.8 Å². The van der Waals surface area contributed by atoms with Gasteiger partial charge in [-0.2, -0.15) is 0 Å². The van der Waals surface area contributed by atoms with Gasteiger partial charge >= 0.3 is 0 Å². The molecule has 2 amide bonds. The summed E-state index contributed by atoms with van der Waals surface area (Å²) in [6, 6.07) is 5.82. The van der Waals surface area contributed by atoms with Gasteiger partial charge in [-0.25, -0.2) is 0 Å². The number of carbonyl (C=O) groups excluding carboxylic acids is 2. The molecule has 2 atom stereocenters. The summed E-state index contributed by atoms with van der Waals surface area (Å²) in [5.41, 5.74) is 1.18. The van der Waals surface area contributed by atoms with Crippen molar-refractivity contribution in [3.8, 4) is 0 Å².